The maximum Gasteiger partial charge on any atom is 0.329 e. The zero-order chi connectivity index (χ0) is 15.0. The van der Waals surface area contributed by atoms with Gasteiger partial charge in [0.15, 0.2) is 0 Å². The van der Waals surface area contributed by atoms with E-state index in [0.717, 1.165) is 32.5 Å². The van der Waals surface area contributed by atoms with E-state index < -0.39 is 12.0 Å². The van der Waals surface area contributed by atoms with Gasteiger partial charge in [-0.05, 0) is 38.9 Å². The first-order valence-electron chi connectivity index (χ1n) is 7.37. The van der Waals surface area contributed by atoms with Gasteiger partial charge in [-0.25, -0.2) is 4.79 Å². The van der Waals surface area contributed by atoms with E-state index in [2.05, 4.69) is 22.5 Å². The summed E-state index contributed by atoms with van der Waals surface area (Å²) >= 11 is 0. The standard InChI is InChI=1S/C14H27N3O3/c1-4-7-17-8-5-12(6-9-17)15-10-13(14(19)20-3)16-11(2)18/h12-13,15H,4-10H2,1-3H3,(H,16,18). The van der Waals surface area contributed by atoms with Crippen LogP contribution in [0.25, 0.3) is 0 Å². The molecule has 1 atom stereocenters. The lowest BCUT2D eigenvalue weighted by Gasteiger charge is -2.32. The number of hydrogen-bond donors (Lipinski definition) is 2. The van der Waals surface area contributed by atoms with E-state index in [1.807, 2.05) is 0 Å². The Balaban J connectivity index is 2.33. The molecule has 1 unspecified atom stereocenters. The number of carbonyl (C=O) groups excluding carboxylic acids is 2. The van der Waals surface area contributed by atoms with Crippen molar-refractivity contribution in [3.63, 3.8) is 0 Å². The molecule has 0 aromatic rings. The Morgan fingerprint density at radius 1 is 1.35 bits per heavy atom. The quantitative estimate of drug-likeness (QED) is 0.651. The highest BCUT2D eigenvalue weighted by Gasteiger charge is 2.23. The number of amides is 1. The summed E-state index contributed by atoms with van der Waals surface area (Å²) in [5.74, 6) is -0.629. The molecular formula is C14H27N3O3. The van der Waals surface area contributed by atoms with Crippen molar-refractivity contribution < 1.29 is 14.3 Å². The fraction of sp³-hybridized carbons (Fsp3) is 0.857. The number of esters is 1. The molecule has 0 aromatic carbocycles. The second-order valence-corrected chi connectivity index (χ2v) is 5.30. The van der Waals surface area contributed by atoms with Crippen molar-refractivity contribution >= 4 is 11.9 Å². The molecule has 0 spiro atoms. The van der Waals surface area contributed by atoms with Gasteiger partial charge in [0.25, 0.3) is 0 Å². The van der Waals surface area contributed by atoms with Gasteiger partial charge in [0, 0.05) is 19.5 Å². The van der Waals surface area contributed by atoms with E-state index in [1.54, 1.807) is 0 Å². The molecule has 0 radical (unpaired) electrons. The number of likely N-dealkylation sites (tertiary alicyclic amines) is 1. The number of nitrogens with zero attached hydrogens (tertiary/aromatic N) is 1. The van der Waals surface area contributed by atoms with Gasteiger partial charge in [0.05, 0.1) is 7.11 Å². The van der Waals surface area contributed by atoms with Crippen LogP contribution in [0, 0.1) is 0 Å². The topological polar surface area (TPSA) is 70.7 Å². The third kappa shape index (κ3) is 5.88. The molecule has 0 aromatic heterocycles. The van der Waals surface area contributed by atoms with Gasteiger partial charge in [-0.15, -0.1) is 0 Å². The van der Waals surface area contributed by atoms with E-state index in [-0.39, 0.29) is 5.91 Å². The fourth-order valence-electron chi connectivity index (χ4n) is 2.54. The summed E-state index contributed by atoms with van der Waals surface area (Å²) in [7, 11) is 1.33. The Morgan fingerprint density at radius 3 is 2.50 bits per heavy atom. The average molecular weight is 285 g/mol. The Labute approximate surface area is 121 Å². The predicted molar refractivity (Wildman–Crippen MR) is 77.4 cm³/mol. The van der Waals surface area contributed by atoms with E-state index in [9.17, 15) is 9.59 Å². The second-order valence-electron chi connectivity index (χ2n) is 5.30. The third-order valence-corrected chi connectivity index (χ3v) is 3.60. The molecule has 1 amide bonds. The largest absolute Gasteiger partial charge is 0.467 e. The molecule has 1 saturated heterocycles. The van der Waals surface area contributed by atoms with Crippen LogP contribution in [0.3, 0.4) is 0 Å². The van der Waals surface area contributed by atoms with E-state index >= 15 is 0 Å². The normalized spacial score (nSPS) is 18.6. The zero-order valence-corrected chi connectivity index (χ0v) is 12.8. The highest BCUT2D eigenvalue weighted by atomic mass is 16.5. The van der Waals surface area contributed by atoms with Crippen molar-refractivity contribution in [3.8, 4) is 0 Å². The lowest BCUT2D eigenvalue weighted by Crippen LogP contribution is -2.51. The molecule has 6 nitrogen and oxygen atoms in total. The number of piperidine rings is 1. The molecule has 116 valence electrons. The second kappa shape index (κ2) is 8.92. The van der Waals surface area contributed by atoms with Crippen LogP contribution in [-0.2, 0) is 14.3 Å². The predicted octanol–water partition coefficient (Wildman–Crippen LogP) is 0.128. The van der Waals surface area contributed by atoms with Crippen LogP contribution in [-0.4, -0.2) is 62.1 Å². The first kappa shape index (κ1) is 16.9. The summed E-state index contributed by atoms with van der Waals surface area (Å²) in [6, 6.07) is -0.199. The van der Waals surface area contributed by atoms with E-state index in [1.165, 1.54) is 20.5 Å². The molecule has 20 heavy (non-hydrogen) atoms. The number of rotatable bonds is 7. The maximum atomic E-state index is 11.6. The number of nitrogens with one attached hydrogen (secondary N) is 2. The third-order valence-electron chi connectivity index (χ3n) is 3.60. The molecular weight excluding hydrogens is 258 g/mol. The van der Waals surface area contributed by atoms with Gasteiger partial charge in [-0.3, -0.25) is 4.79 Å². The lowest BCUT2D eigenvalue weighted by atomic mass is 10.0. The van der Waals surface area contributed by atoms with Gasteiger partial charge in [-0.2, -0.15) is 0 Å². The van der Waals surface area contributed by atoms with Crippen LogP contribution in [0.2, 0.25) is 0 Å². The highest BCUT2D eigenvalue weighted by molar-refractivity contribution is 5.83. The fourth-order valence-corrected chi connectivity index (χ4v) is 2.54. The maximum absolute atomic E-state index is 11.6. The molecule has 1 aliphatic heterocycles. The van der Waals surface area contributed by atoms with Crippen molar-refractivity contribution in [1.82, 2.24) is 15.5 Å². The summed E-state index contributed by atoms with van der Waals surface area (Å²) in [5.41, 5.74) is 0. The Bertz CT molecular complexity index is 315. The molecule has 0 saturated carbocycles. The Morgan fingerprint density at radius 2 is 2.00 bits per heavy atom. The van der Waals surface area contributed by atoms with Crippen LogP contribution in [0.5, 0.6) is 0 Å². The zero-order valence-electron chi connectivity index (χ0n) is 12.8. The molecule has 6 heteroatoms. The summed E-state index contributed by atoms with van der Waals surface area (Å²) < 4.78 is 4.70. The van der Waals surface area contributed by atoms with Crippen LogP contribution in [0.1, 0.15) is 33.1 Å². The summed E-state index contributed by atoms with van der Waals surface area (Å²) in [6.45, 7) is 7.36. The van der Waals surface area contributed by atoms with Crippen molar-refractivity contribution in [2.24, 2.45) is 0 Å². The molecule has 1 fully saturated rings. The molecule has 1 rings (SSSR count). The van der Waals surface area contributed by atoms with Crippen molar-refractivity contribution in [2.75, 3.05) is 33.3 Å². The van der Waals surface area contributed by atoms with Gasteiger partial charge in [0.1, 0.15) is 6.04 Å². The Kier molecular flexibility index (Phi) is 7.54. The summed E-state index contributed by atoms with van der Waals surface area (Å²) in [5, 5.41) is 5.98. The van der Waals surface area contributed by atoms with E-state index in [4.69, 9.17) is 4.74 Å². The Hall–Kier alpha value is -1.14. The average Bonchev–Trinajstić information content (AvgIpc) is 2.44. The van der Waals surface area contributed by atoms with Crippen molar-refractivity contribution in [1.29, 1.82) is 0 Å². The van der Waals surface area contributed by atoms with Crippen molar-refractivity contribution in [2.45, 2.75) is 45.2 Å². The smallest absolute Gasteiger partial charge is 0.329 e. The van der Waals surface area contributed by atoms with E-state index in [0.29, 0.717) is 12.6 Å². The van der Waals surface area contributed by atoms with Crippen LogP contribution < -0.4 is 10.6 Å². The van der Waals surface area contributed by atoms with Crippen molar-refractivity contribution in [3.05, 3.63) is 0 Å². The number of hydrogen-bond acceptors (Lipinski definition) is 5. The lowest BCUT2D eigenvalue weighted by molar-refractivity contribution is -0.144. The highest BCUT2D eigenvalue weighted by Crippen LogP contribution is 2.10. The molecule has 1 aliphatic rings. The summed E-state index contributed by atoms with van der Waals surface area (Å²) in [6.07, 6.45) is 3.34. The number of methoxy groups -OCH3 is 1. The molecule has 0 bridgehead atoms. The van der Waals surface area contributed by atoms with Gasteiger partial charge in [-0.1, -0.05) is 6.92 Å². The molecule has 1 heterocycles. The van der Waals surface area contributed by atoms with Crippen LogP contribution in [0.4, 0.5) is 0 Å². The van der Waals surface area contributed by atoms with Gasteiger partial charge >= 0.3 is 5.97 Å². The van der Waals surface area contributed by atoms with Crippen LogP contribution in [0.15, 0.2) is 0 Å². The van der Waals surface area contributed by atoms with Crippen LogP contribution >= 0.6 is 0 Å². The number of ether oxygens (including phenoxy) is 1. The van der Waals surface area contributed by atoms with Gasteiger partial charge in [0.2, 0.25) is 5.91 Å². The number of carbonyl (C=O) groups is 2. The minimum absolute atomic E-state index is 0.222. The van der Waals surface area contributed by atoms with Gasteiger partial charge < -0.3 is 20.3 Å². The monoisotopic (exact) mass is 285 g/mol. The first-order valence-corrected chi connectivity index (χ1v) is 7.37. The molecule has 2 N–H and O–H groups in total. The molecule has 0 aliphatic carbocycles. The minimum atomic E-state index is -0.605. The SMILES string of the molecule is CCCN1CCC(NCC(NC(C)=O)C(=O)OC)CC1. The summed E-state index contributed by atoms with van der Waals surface area (Å²) in [4.78, 5) is 25.1. The minimum Gasteiger partial charge on any atom is -0.467 e. The first-order chi connectivity index (χ1) is 9.56.